The standard InChI is InChI=1S/2C2H5.Al.2ClH.H2/c2*1-2;;;;/h2*1H2,2H3;;3*1H. The van der Waals surface area contributed by atoms with Gasteiger partial charge in [0.1, 0.15) is 0 Å². The van der Waals surface area contributed by atoms with E-state index < -0.39 is 0 Å². The predicted molar refractivity (Wildman–Crippen MR) is 43.3 cm³/mol. The van der Waals surface area contributed by atoms with E-state index in [1.807, 2.05) is 0 Å². The summed E-state index contributed by atoms with van der Waals surface area (Å²) in [6.45, 7) is 4.50. The molecule has 47 valence electrons. The largest absolute Gasteiger partial charge is 0.198 e. The van der Waals surface area contributed by atoms with Gasteiger partial charge in [0.25, 0.3) is 0 Å². The van der Waals surface area contributed by atoms with Crippen molar-refractivity contribution in [2.24, 2.45) is 0 Å². The van der Waals surface area contributed by atoms with E-state index in [0.29, 0.717) is 0 Å². The molecule has 0 nitrogen and oxygen atoms in total. The second-order valence-electron chi connectivity index (χ2n) is 1.11. The van der Waals surface area contributed by atoms with Crippen molar-refractivity contribution in [3.05, 3.63) is 0 Å². The topological polar surface area (TPSA) is 0 Å². The minimum absolute atomic E-state index is 0. The zero-order valence-electron chi connectivity index (χ0n) is 4.81. The van der Waals surface area contributed by atoms with E-state index in [-0.39, 0.29) is 26.2 Å². The Morgan fingerprint density at radius 3 is 1.43 bits per heavy atom. The number of hydrogen-bond donors (Lipinski definition) is 0. The van der Waals surface area contributed by atoms with Gasteiger partial charge in [-0.1, -0.05) is 13.8 Å². The van der Waals surface area contributed by atoms with Gasteiger partial charge in [0.15, 0.2) is 15.2 Å². The molecule has 3 heteroatoms. The Morgan fingerprint density at radius 2 is 1.43 bits per heavy atom. The van der Waals surface area contributed by atoms with Gasteiger partial charge in [-0.05, 0) is 0 Å². The highest BCUT2D eigenvalue weighted by Gasteiger charge is 1.74. The molecule has 0 aromatic heterocycles. The van der Waals surface area contributed by atoms with Crippen LogP contribution in [0.2, 0.25) is 10.6 Å². The molecule has 0 unspecified atom stereocenters. The third-order valence-corrected chi connectivity index (χ3v) is 1.73. The quantitative estimate of drug-likeness (QED) is 0.544. The highest BCUT2D eigenvalue weighted by molar-refractivity contribution is 6.34. The summed E-state index contributed by atoms with van der Waals surface area (Å²) < 4.78 is 0. The van der Waals surface area contributed by atoms with Crippen LogP contribution >= 0.6 is 24.8 Å². The molecule has 0 aromatic rings. The number of hydrogen-bond acceptors (Lipinski definition) is 0. The van der Waals surface area contributed by atoms with Gasteiger partial charge in [-0.3, -0.25) is 0 Å². The van der Waals surface area contributed by atoms with Crippen molar-refractivity contribution in [2.45, 2.75) is 24.4 Å². The molecule has 0 fully saturated rings. The lowest BCUT2D eigenvalue weighted by Crippen LogP contribution is -1.76. The number of halogens is 2. The van der Waals surface area contributed by atoms with Crippen molar-refractivity contribution in [1.82, 2.24) is 0 Å². The van der Waals surface area contributed by atoms with Crippen molar-refractivity contribution in [3.63, 3.8) is 0 Å². The fraction of sp³-hybridized carbons (Fsp3) is 1.00. The Kier molecular flexibility index (Phi) is 35.2. The first-order valence-electron chi connectivity index (χ1n) is 2.23. The third kappa shape index (κ3) is 19.2. The third-order valence-electron chi connectivity index (χ3n) is 0.577. The molecule has 7 heavy (non-hydrogen) atoms. The molecular weight excluding hydrogens is 146 g/mol. The second-order valence-corrected chi connectivity index (χ2v) is 3.32. The van der Waals surface area contributed by atoms with E-state index in [4.69, 9.17) is 0 Å². The van der Waals surface area contributed by atoms with Crippen LogP contribution in [0.4, 0.5) is 0 Å². The van der Waals surface area contributed by atoms with Crippen LogP contribution in [0.5, 0.6) is 0 Å². The molecule has 0 saturated heterocycles. The molecule has 0 aliphatic carbocycles. The molecular formula is C4H14AlCl2. The SMILES string of the molecule is C[CH2][Al][CH2]C.Cl.Cl.[HH]. The summed E-state index contributed by atoms with van der Waals surface area (Å²) in [6.07, 6.45) is 0. The van der Waals surface area contributed by atoms with Crippen molar-refractivity contribution in [2.75, 3.05) is 0 Å². The van der Waals surface area contributed by atoms with Gasteiger partial charge < -0.3 is 0 Å². The summed E-state index contributed by atoms with van der Waals surface area (Å²) in [5, 5.41) is 2.85. The van der Waals surface area contributed by atoms with Gasteiger partial charge in [0.2, 0.25) is 0 Å². The van der Waals surface area contributed by atoms with E-state index >= 15 is 0 Å². The lowest BCUT2D eigenvalue weighted by Gasteiger charge is -1.74. The first kappa shape index (κ1) is 15.7. The van der Waals surface area contributed by atoms with Crippen LogP contribution in [-0.4, -0.2) is 15.2 Å². The summed E-state index contributed by atoms with van der Waals surface area (Å²) in [7, 11) is 0. The Hall–Kier alpha value is 1.11. The summed E-state index contributed by atoms with van der Waals surface area (Å²) in [6, 6.07) is 0. The van der Waals surface area contributed by atoms with E-state index in [2.05, 4.69) is 13.8 Å². The Balaban J connectivity index is -0.0000000267. The van der Waals surface area contributed by atoms with Gasteiger partial charge in [-0.15, -0.1) is 35.4 Å². The van der Waals surface area contributed by atoms with Crippen LogP contribution in [-0.2, 0) is 0 Å². The Labute approximate surface area is 66.1 Å². The smallest absolute Gasteiger partial charge is 0.147 e. The van der Waals surface area contributed by atoms with Crippen molar-refractivity contribution < 1.29 is 1.43 Å². The van der Waals surface area contributed by atoms with Crippen LogP contribution in [0.3, 0.4) is 0 Å². The molecule has 0 aliphatic rings. The molecule has 0 rings (SSSR count). The fourth-order valence-electron chi connectivity index (χ4n) is 0.289. The zero-order chi connectivity index (χ0) is 4.12. The van der Waals surface area contributed by atoms with Gasteiger partial charge >= 0.3 is 0 Å². The summed E-state index contributed by atoms with van der Waals surface area (Å²) >= 11 is 0.815. The second kappa shape index (κ2) is 15.7. The molecule has 0 atom stereocenters. The van der Waals surface area contributed by atoms with Gasteiger partial charge in [-0.2, -0.15) is 0 Å². The highest BCUT2D eigenvalue weighted by Crippen LogP contribution is 1.77. The molecule has 0 heterocycles. The van der Waals surface area contributed by atoms with Crippen LogP contribution in [0, 0.1) is 0 Å². The van der Waals surface area contributed by atoms with Gasteiger partial charge in [0.05, 0.1) is 0 Å². The van der Waals surface area contributed by atoms with Gasteiger partial charge in [-0.25, -0.2) is 0 Å². The normalized spacial score (nSPS) is 5.43. The molecule has 0 amide bonds. The zero-order valence-corrected chi connectivity index (χ0v) is 7.60. The Bertz CT molecular complexity index is 21.5. The molecule has 0 aromatic carbocycles. The van der Waals surface area contributed by atoms with Crippen LogP contribution in [0.1, 0.15) is 15.3 Å². The summed E-state index contributed by atoms with van der Waals surface area (Å²) in [5.41, 5.74) is 0. The lowest BCUT2D eigenvalue weighted by molar-refractivity contribution is 1.36. The van der Waals surface area contributed by atoms with Gasteiger partial charge in [0, 0.05) is 1.43 Å². The highest BCUT2D eigenvalue weighted by atomic mass is 35.5. The molecule has 0 bridgehead atoms. The molecule has 0 saturated carbocycles. The monoisotopic (exact) mass is 159 g/mol. The van der Waals surface area contributed by atoms with E-state index in [1.165, 1.54) is 10.6 Å². The first-order valence-corrected chi connectivity index (χ1v) is 3.86. The van der Waals surface area contributed by atoms with Crippen LogP contribution in [0.15, 0.2) is 0 Å². The summed E-state index contributed by atoms with van der Waals surface area (Å²) in [4.78, 5) is 0. The van der Waals surface area contributed by atoms with Crippen molar-refractivity contribution in [1.29, 1.82) is 0 Å². The molecule has 0 N–H and O–H groups in total. The van der Waals surface area contributed by atoms with Crippen molar-refractivity contribution in [3.8, 4) is 0 Å². The van der Waals surface area contributed by atoms with Crippen LogP contribution in [0.25, 0.3) is 0 Å². The predicted octanol–water partition coefficient (Wildman–Crippen LogP) is 2.66. The fourth-order valence-corrected chi connectivity index (χ4v) is 0.866. The molecule has 0 aliphatic heterocycles. The maximum atomic E-state index is 2.25. The summed E-state index contributed by atoms with van der Waals surface area (Å²) in [5.74, 6) is 0. The van der Waals surface area contributed by atoms with Crippen molar-refractivity contribution >= 4 is 40.0 Å². The minimum Gasteiger partial charge on any atom is -0.147 e. The Morgan fingerprint density at radius 1 is 1.14 bits per heavy atom. The first-order chi connectivity index (χ1) is 2.41. The molecule has 1 radical (unpaired) electrons. The average molecular weight is 160 g/mol. The van der Waals surface area contributed by atoms with E-state index in [9.17, 15) is 0 Å². The minimum atomic E-state index is 0. The molecule has 0 spiro atoms. The maximum absolute atomic E-state index is 2.25. The van der Waals surface area contributed by atoms with Crippen LogP contribution < -0.4 is 0 Å². The number of rotatable bonds is 2. The van der Waals surface area contributed by atoms with E-state index in [1.54, 1.807) is 0 Å². The average Bonchev–Trinajstić information content (AvgIpc) is 1.41. The lowest BCUT2D eigenvalue weighted by atomic mass is 10.9. The van der Waals surface area contributed by atoms with E-state index in [0.717, 1.165) is 15.2 Å². The maximum Gasteiger partial charge on any atom is 0.198 e.